The van der Waals surface area contributed by atoms with Crippen molar-refractivity contribution in [2.45, 2.75) is 52.0 Å². The van der Waals surface area contributed by atoms with Crippen molar-refractivity contribution < 1.29 is 19.4 Å². The van der Waals surface area contributed by atoms with Gasteiger partial charge in [0.1, 0.15) is 0 Å². The average Bonchev–Trinajstić information content (AvgIpc) is 3.25. The highest BCUT2D eigenvalue weighted by Crippen LogP contribution is 2.19. The van der Waals surface area contributed by atoms with Crippen LogP contribution in [0.2, 0.25) is 0 Å². The molecule has 2 aromatic rings. The van der Waals surface area contributed by atoms with Crippen molar-refractivity contribution in [3.05, 3.63) is 47.8 Å². The molecule has 0 saturated heterocycles. The maximum absolute atomic E-state index is 12.9. The summed E-state index contributed by atoms with van der Waals surface area (Å²) in [5, 5.41) is 17.8. The molecule has 0 unspecified atom stereocenters. The molecule has 3 atom stereocenters. The second-order valence-electron chi connectivity index (χ2n) is 8.51. The topological polar surface area (TPSA) is 101 Å². The first-order valence-corrected chi connectivity index (χ1v) is 11.1. The molecule has 32 heavy (non-hydrogen) atoms. The van der Waals surface area contributed by atoms with Crippen LogP contribution < -0.4 is 0 Å². The lowest BCUT2D eigenvalue weighted by Gasteiger charge is -2.35. The number of ether oxygens (including phenoxy) is 1. The summed E-state index contributed by atoms with van der Waals surface area (Å²) in [7, 11) is 1.76. The summed E-state index contributed by atoms with van der Waals surface area (Å²) in [6.45, 7) is 5.44. The summed E-state index contributed by atoms with van der Waals surface area (Å²) in [5.74, 6) is -0.160. The highest BCUT2D eigenvalue weighted by molar-refractivity contribution is 5.94. The van der Waals surface area contributed by atoms with Crippen LogP contribution in [-0.4, -0.2) is 80.6 Å². The highest BCUT2D eigenvalue weighted by atomic mass is 16.5. The molecule has 1 N–H and O–H groups in total. The van der Waals surface area contributed by atoms with Gasteiger partial charge >= 0.3 is 0 Å². The van der Waals surface area contributed by atoms with E-state index in [4.69, 9.17) is 4.74 Å². The number of aliphatic hydroxyl groups is 1. The quantitative estimate of drug-likeness (QED) is 0.753. The number of rotatable bonds is 5. The van der Waals surface area contributed by atoms with Crippen molar-refractivity contribution in [3.8, 4) is 0 Å². The fourth-order valence-electron chi connectivity index (χ4n) is 3.90. The minimum atomic E-state index is -0.323. The smallest absolute Gasteiger partial charge is 0.253 e. The molecule has 0 fully saturated rings. The molecule has 1 aliphatic rings. The number of aromatic nitrogens is 3. The molecule has 1 aromatic carbocycles. The van der Waals surface area contributed by atoms with E-state index in [-0.39, 0.29) is 36.5 Å². The number of likely N-dealkylation sites (N-methyl/N-ethyl adjacent to an activating group) is 1. The van der Waals surface area contributed by atoms with Gasteiger partial charge in [-0.15, -0.1) is 5.10 Å². The van der Waals surface area contributed by atoms with Crippen LogP contribution in [0.1, 0.15) is 42.7 Å². The van der Waals surface area contributed by atoms with E-state index in [1.54, 1.807) is 39.9 Å². The predicted molar refractivity (Wildman–Crippen MR) is 119 cm³/mol. The summed E-state index contributed by atoms with van der Waals surface area (Å²) in [5.41, 5.74) is 1.46. The molecule has 9 nitrogen and oxygen atoms in total. The Morgan fingerprint density at radius 2 is 2.09 bits per heavy atom. The van der Waals surface area contributed by atoms with Crippen molar-refractivity contribution in [2.75, 3.05) is 26.7 Å². The second kappa shape index (κ2) is 11.2. The lowest BCUT2D eigenvalue weighted by atomic mass is 10.0. The molecule has 2 amide bonds. The van der Waals surface area contributed by atoms with E-state index in [1.807, 2.05) is 32.0 Å². The van der Waals surface area contributed by atoms with Gasteiger partial charge in [0, 0.05) is 44.6 Å². The highest BCUT2D eigenvalue weighted by Gasteiger charge is 2.29. The summed E-state index contributed by atoms with van der Waals surface area (Å²) in [6.07, 6.45) is 2.36. The van der Waals surface area contributed by atoms with Crippen molar-refractivity contribution in [1.82, 2.24) is 24.8 Å². The van der Waals surface area contributed by atoms with E-state index in [0.29, 0.717) is 44.6 Å². The first kappa shape index (κ1) is 23.9. The molecule has 1 aliphatic heterocycles. The zero-order chi connectivity index (χ0) is 23.1. The molecule has 174 valence electrons. The van der Waals surface area contributed by atoms with E-state index in [1.165, 1.54) is 0 Å². The minimum absolute atomic E-state index is 0.00638. The van der Waals surface area contributed by atoms with Crippen LogP contribution in [0.5, 0.6) is 0 Å². The molecule has 0 radical (unpaired) electrons. The van der Waals surface area contributed by atoms with E-state index in [0.717, 1.165) is 5.69 Å². The third kappa shape index (κ3) is 5.92. The van der Waals surface area contributed by atoms with Crippen molar-refractivity contribution >= 4 is 11.8 Å². The van der Waals surface area contributed by atoms with E-state index >= 15 is 0 Å². The molecule has 2 heterocycles. The summed E-state index contributed by atoms with van der Waals surface area (Å²) in [6, 6.07) is 8.84. The maximum Gasteiger partial charge on any atom is 0.253 e. The Morgan fingerprint density at radius 3 is 2.81 bits per heavy atom. The van der Waals surface area contributed by atoms with Gasteiger partial charge in [-0.25, -0.2) is 4.68 Å². The summed E-state index contributed by atoms with van der Waals surface area (Å²) < 4.78 is 8.03. The molecular formula is C23H33N5O4. The number of fused-ring (bicyclic) bond motifs is 1. The number of benzene rings is 1. The number of amides is 2. The van der Waals surface area contributed by atoms with Gasteiger partial charge in [-0.1, -0.05) is 30.3 Å². The second-order valence-corrected chi connectivity index (χ2v) is 8.51. The van der Waals surface area contributed by atoms with Crippen LogP contribution in [0, 0.1) is 5.92 Å². The number of carbonyl (C=O) groups excluding carboxylic acids is 2. The summed E-state index contributed by atoms with van der Waals surface area (Å²) in [4.78, 5) is 29.2. The monoisotopic (exact) mass is 443 g/mol. The maximum atomic E-state index is 12.9. The van der Waals surface area contributed by atoms with Crippen LogP contribution in [0.3, 0.4) is 0 Å². The van der Waals surface area contributed by atoms with Crippen molar-refractivity contribution in [2.24, 2.45) is 5.92 Å². The van der Waals surface area contributed by atoms with Gasteiger partial charge in [-0.2, -0.15) is 0 Å². The Labute approximate surface area is 189 Å². The van der Waals surface area contributed by atoms with Gasteiger partial charge in [-0.3, -0.25) is 9.59 Å². The van der Waals surface area contributed by atoms with Gasteiger partial charge in [0.05, 0.1) is 37.3 Å². The molecule has 0 bridgehead atoms. The first-order valence-electron chi connectivity index (χ1n) is 11.1. The molecular weight excluding hydrogens is 410 g/mol. The van der Waals surface area contributed by atoms with E-state index in [2.05, 4.69) is 10.3 Å². The molecule has 0 saturated carbocycles. The average molecular weight is 444 g/mol. The first-order chi connectivity index (χ1) is 15.4. The van der Waals surface area contributed by atoms with Crippen LogP contribution >= 0.6 is 0 Å². The predicted octanol–water partition coefficient (Wildman–Crippen LogP) is 1.57. The van der Waals surface area contributed by atoms with Gasteiger partial charge in [0.15, 0.2) is 0 Å². The lowest BCUT2D eigenvalue weighted by Crippen LogP contribution is -2.47. The minimum Gasteiger partial charge on any atom is -0.394 e. The fraction of sp³-hybridized carbons (Fsp3) is 0.565. The number of hydrogen-bond donors (Lipinski definition) is 1. The van der Waals surface area contributed by atoms with Gasteiger partial charge in [0.25, 0.3) is 5.91 Å². The number of aryl methyl sites for hydroxylation is 1. The number of nitrogens with zero attached hydrogens (tertiary/aromatic N) is 5. The Balaban J connectivity index is 1.81. The van der Waals surface area contributed by atoms with E-state index < -0.39 is 0 Å². The van der Waals surface area contributed by atoms with Gasteiger partial charge < -0.3 is 19.6 Å². The van der Waals surface area contributed by atoms with Crippen LogP contribution in [0.4, 0.5) is 0 Å². The van der Waals surface area contributed by atoms with Crippen LogP contribution in [0.25, 0.3) is 0 Å². The number of hydrogen-bond acceptors (Lipinski definition) is 6. The molecule has 3 rings (SSSR count). The SMILES string of the molecule is C[C@@H]1CN([C@@H](C)CO)C(=O)CCCn2nncc2CO[C@@H]1CN(C)C(=O)c1ccccc1. The standard InChI is InChI=1S/C23H33N5O4/c1-17-13-27(18(2)15-29)22(30)10-7-11-28-20(12-24-25-28)16-32-21(17)14-26(3)23(31)19-8-5-4-6-9-19/h4-6,8-9,12,17-18,21,29H,7,10-11,13-16H2,1-3H3/t17-,18+,21-/m1/s1. The van der Waals surface area contributed by atoms with Crippen LogP contribution in [-0.2, 0) is 22.7 Å². The number of aliphatic hydroxyl groups excluding tert-OH is 1. The third-order valence-corrected chi connectivity index (χ3v) is 5.96. The zero-order valence-corrected chi connectivity index (χ0v) is 19.1. The molecule has 0 aliphatic carbocycles. The molecule has 9 heteroatoms. The van der Waals surface area contributed by atoms with E-state index in [9.17, 15) is 14.7 Å². The molecule has 1 aromatic heterocycles. The Kier molecular flexibility index (Phi) is 8.35. The van der Waals surface area contributed by atoms with Gasteiger partial charge in [-0.05, 0) is 25.5 Å². The van der Waals surface area contributed by atoms with Crippen molar-refractivity contribution in [3.63, 3.8) is 0 Å². The van der Waals surface area contributed by atoms with Crippen molar-refractivity contribution in [1.29, 1.82) is 0 Å². The largest absolute Gasteiger partial charge is 0.394 e. The molecule has 0 spiro atoms. The Hall–Kier alpha value is -2.78. The Morgan fingerprint density at radius 1 is 1.34 bits per heavy atom. The number of carbonyl (C=O) groups is 2. The lowest BCUT2D eigenvalue weighted by molar-refractivity contribution is -0.136. The van der Waals surface area contributed by atoms with Gasteiger partial charge in [0.2, 0.25) is 5.91 Å². The normalized spacial score (nSPS) is 21.2. The Bertz CT molecular complexity index is 888. The zero-order valence-electron chi connectivity index (χ0n) is 19.1. The third-order valence-electron chi connectivity index (χ3n) is 5.96. The summed E-state index contributed by atoms with van der Waals surface area (Å²) >= 11 is 0. The fourth-order valence-corrected chi connectivity index (χ4v) is 3.90. The van der Waals surface area contributed by atoms with Crippen LogP contribution in [0.15, 0.2) is 36.5 Å².